The summed E-state index contributed by atoms with van der Waals surface area (Å²) in [5.41, 5.74) is 1.06. The maximum Gasteiger partial charge on any atom is 0.408 e. The minimum Gasteiger partial charge on any atom is -0.444 e. The molecule has 0 saturated heterocycles. The maximum atomic E-state index is 13.6. The lowest BCUT2D eigenvalue weighted by Gasteiger charge is -2.34. The third-order valence-corrected chi connectivity index (χ3v) is 5.26. The number of ether oxygens (including phenoxy) is 1. The number of carbonyl (C=O) groups is 3. The van der Waals surface area contributed by atoms with Crippen LogP contribution in [0.25, 0.3) is 0 Å². The van der Waals surface area contributed by atoms with Gasteiger partial charge in [0.15, 0.2) is 0 Å². The number of hydrogen-bond acceptors (Lipinski definition) is 4. The van der Waals surface area contributed by atoms with E-state index in [9.17, 15) is 14.4 Å². The molecule has 2 unspecified atom stereocenters. The van der Waals surface area contributed by atoms with Crippen molar-refractivity contribution in [2.45, 2.75) is 98.3 Å². The minimum atomic E-state index is -0.837. The van der Waals surface area contributed by atoms with Gasteiger partial charge in [0.1, 0.15) is 17.7 Å². The van der Waals surface area contributed by atoms with Gasteiger partial charge in [0.25, 0.3) is 0 Å². The third-order valence-electron chi connectivity index (χ3n) is 5.26. The van der Waals surface area contributed by atoms with E-state index >= 15 is 0 Å². The van der Waals surface area contributed by atoms with Crippen LogP contribution in [0.15, 0.2) is 24.3 Å². The largest absolute Gasteiger partial charge is 0.444 e. The second-order valence-corrected chi connectivity index (χ2v) is 9.51. The van der Waals surface area contributed by atoms with Crippen molar-refractivity contribution < 1.29 is 19.1 Å². The molecule has 0 aromatic heterocycles. The Balaban J connectivity index is 3.26. The van der Waals surface area contributed by atoms with Crippen LogP contribution in [0, 0.1) is 6.92 Å². The van der Waals surface area contributed by atoms with Crippen molar-refractivity contribution >= 4 is 17.9 Å². The Morgan fingerprint density at radius 3 is 2.24 bits per heavy atom. The molecule has 7 heteroatoms. The van der Waals surface area contributed by atoms with Crippen molar-refractivity contribution in [3.63, 3.8) is 0 Å². The number of rotatable bonds is 12. The molecule has 0 aliphatic rings. The highest BCUT2D eigenvalue weighted by Gasteiger charge is 2.34. The van der Waals surface area contributed by atoms with Crippen LogP contribution in [0.5, 0.6) is 0 Å². The number of aryl methyl sites for hydroxylation is 1. The van der Waals surface area contributed by atoms with Crippen LogP contribution in [0.3, 0.4) is 0 Å². The molecular formula is C26H43N3O4. The van der Waals surface area contributed by atoms with Crippen molar-refractivity contribution in [2.24, 2.45) is 0 Å². The number of benzene rings is 1. The summed E-state index contributed by atoms with van der Waals surface area (Å²) in [5, 5.41) is 5.64. The van der Waals surface area contributed by atoms with Gasteiger partial charge in [-0.3, -0.25) is 9.59 Å². The highest BCUT2D eigenvalue weighted by atomic mass is 16.6. The number of carbonyl (C=O) groups excluding carboxylic acids is 3. The normalized spacial score (nSPS) is 13.1. The summed E-state index contributed by atoms with van der Waals surface area (Å²) in [6.45, 7) is 14.0. The van der Waals surface area contributed by atoms with Gasteiger partial charge in [-0.05, 0) is 58.6 Å². The standard InChI is InChI=1S/C26H43N3O4/c1-8-10-14-18-29(24(31)20(4)28-25(32)33-26(5,6)7)22(23(30)27-17-11-9-2)21-16-13-12-15-19(21)3/h12-13,15-16,20,22H,8-11,14,17-18H2,1-7H3,(H,27,30)(H,28,32). The van der Waals surface area contributed by atoms with E-state index < -0.39 is 23.8 Å². The fourth-order valence-corrected chi connectivity index (χ4v) is 3.52. The molecule has 0 radical (unpaired) electrons. The SMILES string of the molecule is CCCCCN(C(=O)C(C)NC(=O)OC(C)(C)C)C(C(=O)NCCCC)c1ccccc1C. The molecule has 1 aromatic rings. The van der Waals surface area contributed by atoms with Crippen LogP contribution >= 0.6 is 0 Å². The first kappa shape index (κ1) is 28.5. The summed E-state index contributed by atoms with van der Waals surface area (Å²) in [5.74, 6) is -0.511. The molecule has 0 bridgehead atoms. The molecule has 0 spiro atoms. The Morgan fingerprint density at radius 2 is 1.67 bits per heavy atom. The van der Waals surface area contributed by atoms with Gasteiger partial charge in [-0.1, -0.05) is 57.4 Å². The molecule has 2 N–H and O–H groups in total. The number of unbranched alkanes of at least 4 members (excludes halogenated alkanes) is 3. The highest BCUT2D eigenvalue weighted by molar-refractivity contribution is 5.92. The first-order chi connectivity index (χ1) is 15.5. The van der Waals surface area contributed by atoms with Crippen LogP contribution in [-0.4, -0.2) is 47.5 Å². The number of nitrogens with one attached hydrogen (secondary N) is 2. The molecule has 2 atom stereocenters. The molecule has 186 valence electrons. The number of nitrogens with zero attached hydrogens (tertiary/aromatic N) is 1. The fourth-order valence-electron chi connectivity index (χ4n) is 3.52. The van der Waals surface area contributed by atoms with Gasteiger partial charge < -0.3 is 20.3 Å². The Labute approximate surface area is 199 Å². The van der Waals surface area contributed by atoms with Crippen LogP contribution in [0.4, 0.5) is 4.79 Å². The Kier molecular flexibility index (Phi) is 12.0. The summed E-state index contributed by atoms with van der Waals surface area (Å²) in [7, 11) is 0. The Bertz CT molecular complexity index is 773. The van der Waals surface area contributed by atoms with Crippen LogP contribution < -0.4 is 10.6 Å². The Morgan fingerprint density at radius 1 is 1.03 bits per heavy atom. The predicted molar refractivity (Wildman–Crippen MR) is 132 cm³/mol. The Hall–Kier alpha value is -2.57. The van der Waals surface area contributed by atoms with Crippen LogP contribution in [0.2, 0.25) is 0 Å². The van der Waals surface area contributed by atoms with Crippen molar-refractivity contribution in [1.29, 1.82) is 0 Å². The van der Waals surface area contributed by atoms with Crippen molar-refractivity contribution in [3.8, 4) is 0 Å². The lowest BCUT2D eigenvalue weighted by Crippen LogP contribution is -2.52. The van der Waals surface area contributed by atoms with Gasteiger partial charge in [0.05, 0.1) is 0 Å². The van der Waals surface area contributed by atoms with E-state index in [1.807, 2.05) is 31.2 Å². The molecule has 0 aliphatic heterocycles. The highest BCUT2D eigenvalue weighted by Crippen LogP contribution is 2.26. The monoisotopic (exact) mass is 461 g/mol. The zero-order chi connectivity index (χ0) is 25.0. The van der Waals surface area contributed by atoms with Gasteiger partial charge >= 0.3 is 6.09 Å². The first-order valence-electron chi connectivity index (χ1n) is 12.1. The first-order valence-corrected chi connectivity index (χ1v) is 12.1. The molecule has 0 saturated carbocycles. The summed E-state index contributed by atoms with van der Waals surface area (Å²) >= 11 is 0. The zero-order valence-corrected chi connectivity index (χ0v) is 21.5. The molecule has 0 fully saturated rings. The summed E-state index contributed by atoms with van der Waals surface area (Å²) in [6, 6.07) is 6.03. The number of alkyl carbamates (subject to hydrolysis) is 1. The molecule has 0 heterocycles. The quantitative estimate of drug-likeness (QED) is 0.434. The van der Waals surface area contributed by atoms with E-state index in [-0.39, 0.29) is 11.8 Å². The molecule has 33 heavy (non-hydrogen) atoms. The van der Waals surface area contributed by atoms with Gasteiger partial charge in [0, 0.05) is 13.1 Å². The van der Waals surface area contributed by atoms with E-state index in [1.54, 1.807) is 32.6 Å². The van der Waals surface area contributed by atoms with Crippen molar-refractivity contribution in [1.82, 2.24) is 15.5 Å². The van der Waals surface area contributed by atoms with E-state index in [0.717, 1.165) is 43.2 Å². The topological polar surface area (TPSA) is 87.7 Å². The maximum absolute atomic E-state index is 13.6. The third kappa shape index (κ3) is 9.84. The number of amides is 3. The fraction of sp³-hybridized carbons (Fsp3) is 0.654. The summed E-state index contributed by atoms with van der Waals surface area (Å²) in [6.07, 6.45) is 3.88. The molecular weight excluding hydrogens is 418 g/mol. The number of hydrogen-bond donors (Lipinski definition) is 2. The van der Waals surface area contributed by atoms with Crippen molar-refractivity contribution in [2.75, 3.05) is 13.1 Å². The van der Waals surface area contributed by atoms with Crippen LogP contribution in [-0.2, 0) is 14.3 Å². The molecule has 1 rings (SSSR count). The minimum absolute atomic E-state index is 0.202. The molecule has 7 nitrogen and oxygen atoms in total. The average Bonchev–Trinajstić information content (AvgIpc) is 2.72. The lowest BCUT2D eigenvalue weighted by molar-refractivity contribution is -0.142. The van der Waals surface area contributed by atoms with E-state index in [0.29, 0.717) is 13.1 Å². The smallest absolute Gasteiger partial charge is 0.408 e. The van der Waals surface area contributed by atoms with Crippen LogP contribution in [0.1, 0.15) is 90.8 Å². The van der Waals surface area contributed by atoms with Gasteiger partial charge in [-0.25, -0.2) is 4.79 Å². The van der Waals surface area contributed by atoms with E-state index in [4.69, 9.17) is 4.74 Å². The van der Waals surface area contributed by atoms with Crippen molar-refractivity contribution in [3.05, 3.63) is 35.4 Å². The second-order valence-electron chi connectivity index (χ2n) is 9.51. The molecule has 3 amide bonds. The second kappa shape index (κ2) is 13.9. The van der Waals surface area contributed by atoms with Gasteiger partial charge in [-0.2, -0.15) is 0 Å². The van der Waals surface area contributed by atoms with Gasteiger partial charge in [-0.15, -0.1) is 0 Å². The summed E-state index contributed by atoms with van der Waals surface area (Å²) in [4.78, 5) is 40.8. The molecule has 0 aliphatic carbocycles. The van der Waals surface area contributed by atoms with E-state index in [1.165, 1.54) is 0 Å². The summed E-state index contributed by atoms with van der Waals surface area (Å²) < 4.78 is 5.31. The zero-order valence-electron chi connectivity index (χ0n) is 21.5. The lowest BCUT2D eigenvalue weighted by atomic mass is 9.97. The molecule has 1 aromatic carbocycles. The average molecular weight is 462 g/mol. The van der Waals surface area contributed by atoms with E-state index in [2.05, 4.69) is 24.5 Å². The predicted octanol–water partition coefficient (Wildman–Crippen LogP) is 4.88. The van der Waals surface area contributed by atoms with Gasteiger partial charge in [0.2, 0.25) is 11.8 Å².